The highest BCUT2D eigenvalue weighted by molar-refractivity contribution is 5.91. The van der Waals surface area contributed by atoms with E-state index in [9.17, 15) is 9.18 Å². The number of rotatable bonds is 6. The Morgan fingerprint density at radius 2 is 1.73 bits per heavy atom. The molecular weight excluding hydrogens is 423 g/mol. The normalized spacial score (nSPS) is 15.5. The Bertz CT molecular complexity index is 1200. The number of aromatic nitrogens is 4. The van der Waals surface area contributed by atoms with Crippen molar-refractivity contribution in [2.45, 2.75) is 12.6 Å². The number of furan rings is 1. The highest BCUT2D eigenvalue weighted by Gasteiger charge is 2.33. The van der Waals surface area contributed by atoms with Gasteiger partial charge in [-0.1, -0.05) is 48.5 Å². The molecule has 2 aromatic heterocycles. The third-order valence-corrected chi connectivity index (χ3v) is 5.88. The van der Waals surface area contributed by atoms with Crippen molar-refractivity contribution in [3.05, 3.63) is 102 Å². The topological polar surface area (TPSA) is 80.3 Å². The molecule has 8 nitrogen and oxygen atoms in total. The molecule has 1 aliphatic rings. The van der Waals surface area contributed by atoms with Gasteiger partial charge in [-0.25, -0.2) is 9.07 Å². The lowest BCUT2D eigenvalue weighted by atomic mass is 10.0. The summed E-state index contributed by atoms with van der Waals surface area (Å²) >= 11 is 0. The van der Waals surface area contributed by atoms with Crippen LogP contribution in [-0.4, -0.2) is 62.1 Å². The van der Waals surface area contributed by atoms with Crippen LogP contribution in [-0.2, 0) is 6.54 Å². The van der Waals surface area contributed by atoms with Crippen LogP contribution in [0.4, 0.5) is 4.39 Å². The van der Waals surface area contributed by atoms with E-state index in [1.807, 2.05) is 36.4 Å². The lowest BCUT2D eigenvalue weighted by Gasteiger charge is -2.38. The van der Waals surface area contributed by atoms with Crippen molar-refractivity contribution in [3.8, 4) is 0 Å². The lowest BCUT2D eigenvalue weighted by molar-refractivity contribution is 0.0557. The van der Waals surface area contributed by atoms with E-state index in [-0.39, 0.29) is 11.7 Å². The van der Waals surface area contributed by atoms with Crippen molar-refractivity contribution in [2.24, 2.45) is 0 Å². The minimum absolute atomic E-state index is 0.143. The molecule has 1 unspecified atom stereocenters. The van der Waals surface area contributed by atoms with E-state index in [0.29, 0.717) is 49.9 Å². The molecule has 2 aromatic carbocycles. The molecule has 0 spiro atoms. The Hall–Kier alpha value is -3.85. The Morgan fingerprint density at radius 3 is 2.45 bits per heavy atom. The largest absolute Gasteiger partial charge is 0.459 e. The van der Waals surface area contributed by atoms with Gasteiger partial charge in [0.05, 0.1) is 12.8 Å². The van der Waals surface area contributed by atoms with Crippen LogP contribution >= 0.6 is 0 Å². The van der Waals surface area contributed by atoms with Gasteiger partial charge in [-0.05, 0) is 34.2 Å². The van der Waals surface area contributed by atoms with Crippen LogP contribution in [0.3, 0.4) is 0 Å². The first-order valence-corrected chi connectivity index (χ1v) is 10.8. The molecule has 3 heterocycles. The molecule has 4 aromatic rings. The number of carbonyl (C=O) groups excluding carboxylic acids is 1. The fourth-order valence-corrected chi connectivity index (χ4v) is 4.21. The molecule has 168 valence electrons. The lowest BCUT2D eigenvalue weighted by Crippen LogP contribution is -2.50. The summed E-state index contributed by atoms with van der Waals surface area (Å²) in [4.78, 5) is 16.5. The summed E-state index contributed by atoms with van der Waals surface area (Å²) in [5.41, 5.74) is 1.56. The quantitative estimate of drug-likeness (QED) is 0.453. The van der Waals surface area contributed by atoms with Gasteiger partial charge in [0.2, 0.25) is 0 Å². The second-order valence-electron chi connectivity index (χ2n) is 7.91. The number of benzene rings is 2. The summed E-state index contributed by atoms with van der Waals surface area (Å²) in [6.45, 7) is 2.55. The first-order valence-electron chi connectivity index (χ1n) is 10.8. The van der Waals surface area contributed by atoms with E-state index in [1.54, 1.807) is 33.8 Å². The number of carbonyl (C=O) groups is 1. The zero-order valence-electron chi connectivity index (χ0n) is 17.9. The molecule has 33 heavy (non-hydrogen) atoms. The Labute approximate surface area is 190 Å². The number of hydrogen-bond donors (Lipinski definition) is 0. The van der Waals surface area contributed by atoms with Gasteiger partial charge in [0.1, 0.15) is 11.9 Å². The van der Waals surface area contributed by atoms with Gasteiger partial charge in [0.15, 0.2) is 11.6 Å². The zero-order valence-corrected chi connectivity index (χ0v) is 17.9. The molecule has 1 aliphatic heterocycles. The van der Waals surface area contributed by atoms with E-state index in [4.69, 9.17) is 4.42 Å². The summed E-state index contributed by atoms with van der Waals surface area (Å²) in [5, 5.41) is 12.4. The number of halogens is 1. The van der Waals surface area contributed by atoms with Crippen LogP contribution in [0.1, 0.15) is 33.5 Å². The van der Waals surface area contributed by atoms with Crippen molar-refractivity contribution in [1.29, 1.82) is 0 Å². The second kappa shape index (κ2) is 9.33. The summed E-state index contributed by atoms with van der Waals surface area (Å²) in [6.07, 6.45) is 1.49. The maximum atomic E-state index is 15.0. The minimum Gasteiger partial charge on any atom is -0.459 e. The number of hydrogen-bond acceptors (Lipinski definition) is 6. The monoisotopic (exact) mass is 446 g/mol. The minimum atomic E-state index is -0.481. The Morgan fingerprint density at radius 1 is 0.970 bits per heavy atom. The van der Waals surface area contributed by atoms with Crippen LogP contribution in [0.5, 0.6) is 0 Å². The van der Waals surface area contributed by atoms with Gasteiger partial charge in [0, 0.05) is 31.7 Å². The van der Waals surface area contributed by atoms with E-state index in [1.165, 1.54) is 12.3 Å². The maximum absolute atomic E-state index is 15.0. The summed E-state index contributed by atoms with van der Waals surface area (Å²) in [7, 11) is 0. The van der Waals surface area contributed by atoms with E-state index in [0.717, 1.165) is 5.56 Å². The number of piperazine rings is 1. The first-order chi connectivity index (χ1) is 16.2. The number of amides is 1. The van der Waals surface area contributed by atoms with Gasteiger partial charge >= 0.3 is 0 Å². The van der Waals surface area contributed by atoms with E-state index >= 15 is 0 Å². The van der Waals surface area contributed by atoms with Gasteiger partial charge < -0.3 is 9.32 Å². The third kappa shape index (κ3) is 4.40. The van der Waals surface area contributed by atoms with Crippen molar-refractivity contribution >= 4 is 5.91 Å². The summed E-state index contributed by atoms with van der Waals surface area (Å²) < 4.78 is 21.9. The van der Waals surface area contributed by atoms with Gasteiger partial charge in [-0.2, -0.15) is 0 Å². The molecule has 0 radical (unpaired) electrons. The number of tetrazole rings is 1. The van der Waals surface area contributed by atoms with Gasteiger partial charge in [0.25, 0.3) is 5.91 Å². The SMILES string of the molecule is O=C(c1ccco1)N1CCN(C(c2ccccc2F)c2nnnn2Cc2ccccc2)CC1. The number of nitrogens with zero attached hydrogens (tertiary/aromatic N) is 6. The van der Waals surface area contributed by atoms with E-state index < -0.39 is 6.04 Å². The Kier molecular flexibility index (Phi) is 5.95. The fourth-order valence-electron chi connectivity index (χ4n) is 4.21. The van der Waals surface area contributed by atoms with Crippen LogP contribution < -0.4 is 0 Å². The molecule has 0 aliphatic carbocycles. The predicted molar refractivity (Wildman–Crippen MR) is 118 cm³/mol. The molecule has 5 rings (SSSR count). The molecule has 1 amide bonds. The van der Waals surface area contributed by atoms with Gasteiger partial charge in [-0.15, -0.1) is 5.10 Å². The highest BCUT2D eigenvalue weighted by atomic mass is 19.1. The average molecular weight is 446 g/mol. The molecule has 1 saturated heterocycles. The van der Waals surface area contributed by atoms with Crippen molar-refractivity contribution in [2.75, 3.05) is 26.2 Å². The average Bonchev–Trinajstić information content (AvgIpc) is 3.54. The standard InChI is InChI=1S/C24H23FN6O2/c25-20-10-5-4-9-19(20)22(23-26-27-28-31(23)17-18-7-2-1-3-8-18)29-12-14-30(15-13-29)24(32)21-11-6-16-33-21/h1-11,16,22H,12-15,17H2. The smallest absolute Gasteiger partial charge is 0.289 e. The van der Waals surface area contributed by atoms with Crippen LogP contribution in [0.25, 0.3) is 0 Å². The second-order valence-corrected chi connectivity index (χ2v) is 7.91. The molecular formula is C24H23FN6O2. The van der Waals surface area contributed by atoms with Crippen molar-refractivity contribution < 1.29 is 13.6 Å². The zero-order chi connectivity index (χ0) is 22.6. The molecule has 9 heteroatoms. The molecule has 0 N–H and O–H groups in total. The molecule has 0 bridgehead atoms. The third-order valence-electron chi connectivity index (χ3n) is 5.88. The predicted octanol–water partition coefficient (Wildman–Crippen LogP) is 3.00. The summed E-state index contributed by atoms with van der Waals surface area (Å²) in [6, 6.07) is 19.5. The van der Waals surface area contributed by atoms with Crippen molar-refractivity contribution in [1.82, 2.24) is 30.0 Å². The molecule has 0 saturated carbocycles. The Balaban J connectivity index is 1.42. The van der Waals surface area contributed by atoms with Gasteiger partial charge in [-0.3, -0.25) is 9.69 Å². The van der Waals surface area contributed by atoms with Crippen LogP contribution in [0.15, 0.2) is 77.4 Å². The fraction of sp³-hybridized carbons (Fsp3) is 0.250. The molecule has 1 fully saturated rings. The maximum Gasteiger partial charge on any atom is 0.289 e. The van der Waals surface area contributed by atoms with Crippen LogP contribution in [0.2, 0.25) is 0 Å². The van der Waals surface area contributed by atoms with E-state index in [2.05, 4.69) is 20.4 Å². The van der Waals surface area contributed by atoms with Crippen LogP contribution in [0, 0.1) is 5.82 Å². The summed E-state index contributed by atoms with van der Waals surface area (Å²) in [5.74, 6) is 0.428. The first kappa shape index (κ1) is 21.0. The molecule has 1 atom stereocenters. The highest BCUT2D eigenvalue weighted by Crippen LogP contribution is 2.30. The van der Waals surface area contributed by atoms with Crippen molar-refractivity contribution in [3.63, 3.8) is 0 Å².